The minimum Gasteiger partial charge on any atom is -0.274 e. The van der Waals surface area contributed by atoms with E-state index in [9.17, 15) is 18.0 Å². The van der Waals surface area contributed by atoms with Gasteiger partial charge in [-0.05, 0) is 27.5 Å². The number of nitrogens with zero attached hydrogens (tertiary/aromatic N) is 1. The lowest BCUT2D eigenvalue weighted by Crippen LogP contribution is -2.02. The van der Waals surface area contributed by atoms with Crippen LogP contribution in [0.1, 0.15) is 22.5 Å². The van der Waals surface area contributed by atoms with Crippen LogP contribution in [0.15, 0.2) is 10.7 Å². The number of carbonyl (C=O) groups excluding carboxylic acids is 1. The standard InChI is InChI=1S/C7H2BrClF3NO/c8-3-4(10)2(7(11)12)1-13-5(3)6(9)14/h1,7H. The molecule has 1 heterocycles. The molecule has 1 aromatic heterocycles. The summed E-state index contributed by atoms with van der Waals surface area (Å²) >= 11 is 7.65. The van der Waals surface area contributed by atoms with E-state index in [1.54, 1.807) is 0 Å². The molecule has 14 heavy (non-hydrogen) atoms. The van der Waals surface area contributed by atoms with Gasteiger partial charge in [-0.2, -0.15) is 0 Å². The molecule has 0 aromatic carbocycles. The molecule has 0 aliphatic carbocycles. The van der Waals surface area contributed by atoms with E-state index >= 15 is 0 Å². The Hall–Kier alpha value is -0.620. The Morgan fingerprint density at radius 2 is 2.14 bits per heavy atom. The van der Waals surface area contributed by atoms with Gasteiger partial charge in [0.2, 0.25) is 0 Å². The number of hydrogen-bond acceptors (Lipinski definition) is 2. The third-order valence-electron chi connectivity index (χ3n) is 1.41. The largest absolute Gasteiger partial charge is 0.274 e. The molecule has 76 valence electrons. The van der Waals surface area contributed by atoms with Gasteiger partial charge in [-0.3, -0.25) is 4.79 Å². The van der Waals surface area contributed by atoms with E-state index in [2.05, 4.69) is 20.9 Å². The van der Waals surface area contributed by atoms with Gasteiger partial charge in [0.25, 0.3) is 11.7 Å². The van der Waals surface area contributed by atoms with Crippen molar-refractivity contribution in [2.24, 2.45) is 0 Å². The molecule has 0 aliphatic heterocycles. The first-order chi connectivity index (χ1) is 6.45. The number of rotatable bonds is 2. The lowest BCUT2D eigenvalue weighted by Gasteiger charge is -2.04. The molecule has 0 aliphatic rings. The zero-order valence-electron chi connectivity index (χ0n) is 6.40. The third kappa shape index (κ3) is 2.06. The molecule has 0 atom stereocenters. The second-order valence-corrected chi connectivity index (χ2v) is 3.40. The monoisotopic (exact) mass is 287 g/mol. The maximum absolute atomic E-state index is 13.1. The number of pyridine rings is 1. The molecule has 2 nitrogen and oxygen atoms in total. The van der Waals surface area contributed by atoms with E-state index in [1.807, 2.05) is 0 Å². The Balaban J connectivity index is 3.33. The van der Waals surface area contributed by atoms with Gasteiger partial charge in [-0.1, -0.05) is 0 Å². The summed E-state index contributed by atoms with van der Waals surface area (Å²) in [6.45, 7) is 0. The highest BCUT2D eigenvalue weighted by Crippen LogP contribution is 2.28. The van der Waals surface area contributed by atoms with Gasteiger partial charge in [0.1, 0.15) is 11.5 Å². The second kappa shape index (κ2) is 4.27. The van der Waals surface area contributed by atoms with Crippen LogP contribution < -0.4 is 0 Å². The fourth-order valence-corrected chi connectivity index (χ4v) is 1.54. The minimum atomic E-state index is -2.99. The quantitative estimate of drug-likeness (QED) is 0.782. The summed E-state index contributed by atoms with van der Waals surface area (Å²) in [5.41, 5.74) is -1.30. The van der Waals surface area contributed by atoms with E-state index < -0.39 is 33.2 Å². The average molecular weight is 288 g/mol. The SMILES string of the molecule is O=C(Cl)c1ncc(C(F)F)c(F)c1Br. The van der Waals surface area contributed by atoms with Gasteiger partial charge in [-0.15, -0.1) is 0 Å². The van der Waals surface area contributed by atoms with Crippen molar-refractivity contribution in [2.75, 3.05) is 0 Å². The van der Waals surface area contributed by atoms with E-state index in [0.717, 1.165) is 0 Å². The molecule has 0 unspecified atom stereocenters. The van der Waals surface area contributed by atoms with Crippen LogP contribution in [0.5, 0.6) is 0 Å². The van der Waals surface area contributed by atoms with Crippen LogP contribution in [-0.2, 0) is 0 Å². The minimum absolute atomic E-state index is 0.423. The molecule has 7 heteroatoms. The van der Waals surface area contributed by atoms with Gasteiger partial charge < -0.3 is 0 Å². The highest BCUT2D eigenvalue weighted by atomic mass is 79.9. The maximum Gasteiger partial charge on any atom is 0.272 e. The smallest absolute Gasteiger partial charge is 0.272 e. The predicted octanol–water partition coefficient (Wildman–Crippen LogP) is 3.30. The third-order valence-corrected chi connectivity index (χ3v) is 2.31. The van der Waals surface area contributed by atoms with Gasteiger partial charge in [-0.25, -0.2) is 18.2 Å². The summed E-state index contributed by atoms with van der Waals surface area (Å²) in [6.07, 6.45) is -2.40. The zero-order valence-corrected chi connectivity index (χ0v) is 8.74. The van der Waals surface area contributed by atoms with Gasteiger partial charge in [0.15, 0.2) is 0 Å². The molecule has 0 bridgehead atoms. The van der Waals surface area contributed by atoms with Crippen molar-refractivity contribution in [3.05, 3.63) is 27.7 Å². The number of hydrogen-bond donors (Lipinski definition) is 0. The first-order valence-electron chi connectivity index (χ1n) is 3.27. The average Bonchev–Trinajstić information content (AvgIpc) is 2.08. The van der Waals surface area contributed by atoms with E-state index in [0.29, 0.717) is 6.20 Å². The van der Waals surface area contributed by atoms with Crippen LogP contribution in [0, 0.1) is 5.82 Å². The normalized spacial score (nSPS) is 10.7. The Kier molecular flexibility index (Phi) is 3.49. The van der Waals surface area contributed by atoms with Crippen molar-refractivity contribution in [2.45, 2.75) is 6.43 Å². The fraction of sp³-hybridized carbons (Fsp3) is 0.143. The van der Waals surface area contributed by atoms with Crippen LogP contribution in [0.25, 0.3) is 0 Å². The number of aromatic nitrogens is 1. The summed E-state index contributed by atoms with van der Waals surface area (Å²) in [6, 6.07) is 0. The van der Waals surface area contributed by atoms with Gasteiger partial charge in [0.05, 0.1) is 10.0 Å². The molecule has 1 aromatic rings. The van der Waals surface area contributed by atoms with Crippen molar-refractivity contribution in [3.8, 4) is 0 Å². The highest BCUT2D eigenvalue weighted by molar-refractivity contribution is 9.10. The molecule has 0 fully saturated rings. The van der Waals surface area contributed by atoms with Crippen molar-refractivity contribution in [3.63, 3.8) is 0 Å². The first-order valence-corrected chi connectivity index (χ1v) is 4.44. The molecule has 0 saturated heterocycles. The maximum atomic E-state index is 13.1. The Morgan fingerprint density at radius 3 is 2.57 bits per heavy atom. The summed E-state index contributed by atoms with van der Waals surface area (Å²) in [5, 5.41) is -1.02. The molecular weight excluding hydrogens is 286 g/mol. The number of halogens is 5. The second-order valence-electron chi connectivity index (χ2n) is 2.26. The molecule has 0 saturated carbocycles. The van der Waals surface area contributed by atoms with Crippen molar-refractivity contribution < 1.29 is 18.0 Å². The van der Waals surface area contributed by atoms with E-state index in [-0.39, 0.29) is 0 Å². The Morgan fingerprint density at radius 1 is 1.57 bits per heavy atom. The number of alkyl halides is 2. The van der Waals surface area contributed by atoms with Crippen molar-refractivity contribution >= 4 is 32.8 Å². The first kappa shape index (κ1) is 11.5. The van der Waals surface area contributed by atoms with Crippen LogP contribution in [0.3, 0.4) is 0 Å². The lowest BCUT2D eigenvalue weighted by atomic mass is 10.2. The summed E-state index contributed by atoms with van der Waals surface area (Å²) in [5.74, 6) is -1.22. The summed E-state index contributed by atoms with van der Waals surface area (Å²) in [7, 11) is 0. The Bertz CT molecular complexity index is 385. The molecule has 0 radical (unpaired) electrons. The van der Waals surface area contributed by atoms with Crippen LogP contribution in [0.4, 0.5) is 13.2 Å². The predicted molar refractivity (Wildman–Crippen MR) is 47.0 cm³/mol. The summed E-state index contributed by atoms with van der Waals surface area (Å²) in [4.78, 5) is 13.9. The highest BCUT2D eigenvalue weighted by Gasteiger charge is 2.21. The fourth-order valence-electron chi connectivity index (χ4n) is 0.767. The molecule has 0 spiro atoms. The van der Waals surface area contributed by atoms with Crippen LogP contribution in [0.2, 0.25) is 0 Å². The molecular formula is C7H2BrClF3NO. The van der Waals surface area contributed by atoms with Gasteiger partial charge in [0, 0.05) is 6.20 Å². The lowest BCUT2D eigenvalue weighted by molar-refractivity contribution is 0.107. The van der Waals surface area contributed by atoms with Crippen LogP contribution in [-0.4, -0.2) is 10.2 Å². The Labute approximate surface area is 90.2 Å². The van der Waals surface area contributed by atoms with Gasteiger partial charge >= 0.3 is 0 Å². The van der Waals surface area contributed by atoms with Crippen molar-refractivity contribution in [1.82, 2.24) is 4.98 Å². The van der Waals surface area contributed by atoms with E-state index in [4.69, 9.17) is 11.6 Å². The topological polar surface area (TPSA) is 30.0 Å². The zero-order chi connectivity index (χ0) is 10.9. The molecule has 0 amide bonds. The number of carbonyl (C=O) groups is 1. The molecule has 0 N–H and O–H groups in total. The van der Waals surface area contributed by atoms with Crippen molar-refractivity contribution in [1.29, 1.82) is 0 Å². The summed E-state index contributed by atoms with van der Waals surface area (Å²) < 4.78 is 36.9. The van der Waals surface area contributed by atoms with E-state index in [1.165, 1.54) is 0 Å². The molecule has 1 rings (SSSR count). The van der Waals surface area contributed by atoms with Crippen LogP contribution >= 0.6 is 27.5 Å².